The quantitative estimate of drug-likeness (QED) is 0.760. The number of hydrogen-bond donors (Lipinski definition) is 1. The summed E-state index contributed by atoms with van der Waals surface area (Å²) in [6, 6.07) is 5.40. The molecule has 1 heterocycles. The number of hydrogen-bond acceptors (Lipinski definition) is 1. The maximum absolute atomic E-state index is 13.0. The first-order valence-electron chi connectivity index (χ1n) is 4.77. The van der Waals surface area contributed by atoms with Gasteiger partial charge in [-0.1, -0.05) is 6.07 Å². The summed E-state index contributed by atoms with van der Waals surface area (Å²) in [4.78, 5) is 0. The highest BCUT2D eigenvalue weighted by Gasteiger charge is 2.17. The van der Waals surface area contributed by atoms with E-state index in [1.165, 1.54) is 18.1 Å². The Morgan fingerprint density at radius 1 is 1.43 bits per heavy atom. The molecule has 0 aromatic heterocycles. The van der Waals surface area contributed by atoms with Crippen LogP contribution in [-0.2, 0) is 0 Å². The second-order valence-corrected chi connectivity index (χ2v) is 3.65. The van der Waals surface area contributed by atoms with E-state index in [9.17, 15) is 4.39 Å². The van der Waals surface area contributed by atoms with E-state index in [1.807, 2.05) is 13.0 Å². The summed E-state index contributed by atoms with van der Waals surface area (Å²) in [5.74, 6) is -0.130. The van der Waals surface area contributed by atoms with Crippen molar-refractivity contribution in [1.82, 2.24) is 5.32 Å². The molecule has 0 aliphatic carbocycles. The number of rotatable bonds is 1. The molecule has 0 amide bonds. The molecular formula is C11H15ClFN. The Labute approximate surface area is 90.1 Å². The van der Waals surface area contributed by atoms with Gasteiger partial charge < -0.3 is 5.32 Å². The molecule has 0 spiro atoms. The zero-order chi connectivity index (χ0) is 9.26. The van der Waals surface area contributed by atoms with Gasteiger partial charge in [0.1, 0.15) is 5.82 Å². The summed E-state index contributed by atoms with van der Waals surface area (Å²) in [6.45, 7) is 3.09. The highest BCUT2D eigenvalue weighted by atomic mass is 35.5. The van der Waals surface area contributed by atoms with Crippen molar-refractivity contribution < 1.29 is 4.39 Å². The normalized spacial score (nSPS) is 20.6. The lowest BCUT2D eigenvalue weighted by Crippen LogP contribution is -2.14. The molecule has 1 aliphatic rings. The van der Waals surface area contributed by atoms with E-state index in [1.54, 1.807) is 6.07 Å². The first kappa shape index (κ1) is 11.5. The van der Waals surface area contributed by atoms with Crippen LogP contribution < -0.4 is 5.32 Å². The van der Waals surface area contributed by atoms with Gasteiger partial charge in [0.05, 0.1) is 0 Å². The molecule has 3 heteroatoms. The van der Waals surface area contributed by atoms with Crippen molar-refractivity contribution in [2.45, 2.75) is 25.8 Å². The third-order valence-corrected chi connectivity index (χ3v) is 2.68. The smallest absolute Gasteiger partial charge is 0.123 e. The fourth-order valence-corrected chi connectivity index (χ4v) is 1.94. The van der Waals surface area contributed by atoms with Crippen molar-refractivity contribution in [2.24, 2.45) is 0 Å². The van der Waals surface area contributed by atoms with Crippen LogP contribution in [0.2, 0.25) is 0 Å². The Hall–Kier alpha value is -0.600. The lowest BCUT2D eigenvalue weighted by atomic mass is 10.00. The van der Waals surface area contributed by atoms with E-state index in [0.717, 1.165) is 18.5 Å². The fraction of sp³-hybridized carbons (Fsp3) is 0.455. The zero-order valence-corrected chi connectivity index (χ0v) is 9.03. The van der Waals surface area contributed by atoms with Crippen molar-refractivity contribution in [3.63, 3.8) is 0 Å². The average Bonchev–Trinajstić information content (AvgIpc) is 2.61. The number of halogens is 2. The SMILES string of the molecule is Cc1ccc(F)cc1[C@@H]1CCCN1.Cl. The van der Waals surface area contributed by atoms with Gasteiger partial charge >= 0.3 is 0 Å². The number of aryl methyl sites for hydroxylation is 1. The van der Waals surface area contributed by atoms with Crippen LogP contribution in [0.25, 0.3) is 0 Å². The topological polar surface area (TPSA) is 12.0 Å². The molecule has 1 aromatic rings. The molecule has 0 radical (unpaired) electrons. The molecule has 1 fully saturated rings. The minimum atomic E-state index is -0.130. The molecule has 2 rings (SSSR count). The Kier molecular flexibility index (Phi) is 3.90. The van der Waals surface area contributed by atoms with Crippen LogP contribution in [0.3, 0.4) is 0 Å². The van der Waals surface area contributed by atoms with Gasteiger partial charge in [0.15, 0.2) is 0 Å². The highest BCUT2D eigenvalue weighted by Crippen LogP contribution is 2.26. The minimum absolute atomic E-state index is 0. The van der Waals surface area contributed by atoms with Crippen LogP contribution >= 0.6 is 12.4 Å². The Balaban J connectivity index is 0.000000980. The van der Waals surface area contributed by atoms with Gasteiger partial charge in [-0.05, 0) is 49.6 Å². The predicted octanol–water partition coefficient (Wildman–Crippen LogP) is 2.98. The minimum Gasteiger partial charge on any atom is -0.310 e. The second-order valence-electron chi connectivity index (χ2n) is 3.65. The molecule has 1 nitrogen and oxygen atoms in total. The molecule has 14 heavy (non-hydrogen) atoms. The molecule has 1 N–H and O–H groups in total. The predicted molar refractivity (Wildman–Crippen MR) is 58.4 cm³/mol. The van der Waals surface area contributed by atoms with E-state index in [2.05, 4.69) is 5.32 Å². The van der Waals surface area contributed by atoms with Gasteiger partial charge in [0.2, 0.25) is 0 Å². The monoisotopic (exact) mass is 215 g/mol. The van der Waals surface area contributed by atoms with Crippen molar-refractivity contribution in [2.75, 3.05) is 6.54 Å². The lowest BCUT2D eigenvalue weighted by Gasteiger charge is -2.13. The Morgan fingerprint density at radius 3 is 2.86 bits per heavy atom. The maximum atomic E-state index is 13.0. The molecule has 0 unspecified atom stereocenters. The van der Waals surface area contributed by atoms with Crippen molar-refractivity contribution in [1.29, 1.82) is 0 Å². The van der Waals surface area contributed by atoms with Crippen LogP contribution in [0.4, 0.5) is 4.39 Å². The molecule has 78 valence electrons. The highest BCUT2D eigenvalue weighted by molar-refractivity contribution is 5.85. The summed E-state index contributed by atoms with van der Waals surface area (Å²) in [7, 11) is 0. The van der Waals surface area contributed by atoms with Gasteiger partial charge in [-0.15, -0.1) is 12.4 Å². The van der Waals surface area contributed by atoms with Gasteiger partial charge in [0, 0.05) is 6.04 Å². The number of benzene rings is 1. The van der Waals surface area contributed by atoms with Crippen LogP contribution in [0.15, 0.2) is 18.2 Å². The fourth-order valence-electron chi connectivity index (χ4n) is 1.94. The van der Waals surface area contributed by atoms with Gasteiger partial charge in [0.25, 0.3) is 0 Å². The largest absolute Gasteiger partial charge is 0.310 e. The molecule has 0 bridgehead atoms. The Bertz CT molecular complexity index is 308. The van der Waals surface area contributed by atoms with E-state index in [0.29, 0.717) is 6.04 Å². The summed E-state index contributed by atoms with van der Waals surface area (Å²) >= 11 is 0. The van der Waals surface area contributed by atoms with Crippen LogP contribution in [0, 0.1) is 12.7 Å². The van der Waals surface area contributed by atoms with Gasteiger partial charge in [-0.25, -0.2) is 4.39 Å². The van der Waals surface area contributed by atoms with Gasteiger partial charge in [-0.2, -0.15) is 0 Å². The van der Waals surface area contributed by atoms with Crippen LogP contribution in [0.5, 0.6) is 0 Å². The van der Waals surface area contributed by atoms with Crippen molar-refractivity contribution >= 4 is 12.4 Å². The summed E-state index contributed by atoms with van der Waals surface area (Å²) in [5.41, 5.74) is 2.30. The van der Waals surface area contributed by atoms with Crippen LogP contribution in [0.1, 0.15) is 30.0 Å². The van der Waals surface area contributed by atoms with Crippen molar-refractivity contribution in [3.8, 4) is 0 Å². The summed E-state index contributed by atoms with van der Waals surface area (Å²) in [6.07, 6.45) is 2.32. The summed E-state index contributed by atoms with van der Waals surface area (Å²) < 4.78 is 13.0. The average molecular weight is 216 g/mol. The first-order chi connectivity index (χ1) is 6.27. The van der Waals surface area contributed by atoms with E-state index < -0.39 is 0 Å². The molecule has 1 aromatic carbocycles. The van der Waals surface area contributed by atoms with Gasteiger partial charge in [-0.3, -0.25) is 0 Å². The maximum Gasteiger partial charge on any atom is 0.123 e. The Morgan fingerprint density at radius 2 is 2.21 bits per heavy atom. The third-order valence-electron chi connectivity index (χ3n) is 2.68. The standard InChI is InChI=1S/C11H14FN.ClH/c1-8-4-5-9(12)7-10(8)11-3-2-6-13-11;/h4-5,7,11,13H,2-3,6H2,1H3;1H/t11-;/m0./s1. The number of nitrogens with one attached hydrogen (secondary N) is 1. The molecule has 1 saturated heterocycles. The molecule has 1 aliphatic heterocycles. The second kappa shape index (κ2) is 4.76. The van der Waals surface area contributed by atoms with Crippen molar-refractivity contribution in [3.05, 3.63) is 35.1 Å². The third kappa shape index (κ3) is 2.25. The first-order valence-corrected chi connectivity index (χ1v) is 4.77. The van der Waals surface area contributed by atoms with E-state index in [4.69, 9.17) is 0 Å². The lowest BCUT2D eigenvalue weighted by molar-refractivity contribution is 0.604. The summed E-state index contributed by atoms with van der Waals surface area (Å²) in [5, 5.41) is 3.37. The molecular weight excluding hydrogens is 201 g/mol. The molecule has 0 saturated carbocycles. The molecule has 1 atom stereocenters. The van der Waals surface area contributed by atoms with E-state index >= 15 is 0 Å². The van der Waals surface area contributed by atoms with E-state index in [-0.39, 0.29) is 18.2 Å². The zero-order valence-electron chi connectivity index (χ0n) is 8.22. The van der Waals surface area contributed by atoms with Crippen LogP contribution in [-0.4, -0.2) is 6.54 Å².